The first-order chi connectivity index (χ1) is 11.3. The first-order valence-corrected chi connectivity index (χ1v) is 9.68. The monoisotopic (exact) mass is 315 g/mol. The Morgan fingerprint density at radius 2 is 1.70 bits per heavy atom. The van der Waals surface area contributed by atoms with Gasteiger partial charge in [-0.2, -0.15) is 0 Å². The molecule has 0 amide bonds. The van der Waals surface area contributed by atoms with Crippen molar-refractivity contribution >= 4 is 0 Å². The van der Waals surface area contributed by atoms with Crippen molar-refractivity contribution in [2.45, 2.75) is 70.3 Å². The van der Waals surface area contributed by atoms with E-state index in [1.165, 1.54) is 76.4 Å². The number of methoxy groups -OCH3 is 1. The highest BCUT2D eigenvalue weighted by molar-refractivity contribution is 5.32. The second-order valence-electron chi connectivity index (χ2n) is 7.54. The Balaban J connectivity index is 1.79. The van der Waals surface area contributed by atoms with Gasteiger partial charge in [0, 0.05) is 5.54 Å². The second-order valence-corrected chi connectivity index (χ2v) is 7.54. The lowest BCUT2D eigenvalue weighted by Crippen LogP contribution is -2.50. The minimum Gasteiger partial charge on any atom is -0.497 e. The topological polar surface area (TPSA) is 12.5 Å². The molecule has 0 aromatic heterocycles. The zero-order chi connectivity index (χ0) is 16.1. The van der Waals surface area contributed by atoms with Gasteiger partial charge in [-0.05, 0) is 62.4 Å². The summed E-state index contributed by atoms with van der Waals surface area (Å²) in [5.74, 6) is 1.94. The average Bonchev–Trinajstić information content (AvgIpc) is 2.63. The molecule has 23 heavy (non-hydrogen) atoms. The molecule has 2 nitrogen and oxygen atoms in total. The molecule has 0 atom stereocenters. The SMILES string of the molecule is CCCC1CCN(C2(c3ccc(OC)cc3)CCCCC2)CC1. The number of ether oxygens (including phenoxy) is 1. The molecule has 1 aliphatic heterocycles. The van der Waals surface area contributed by atoms with Crippen LogP contribution in [0.4, 0.5) is 0 Å². The van der Waals surface area contributed by atoms with Crippen molar-refractivity contribution in [2.75, 3.05) is 20.2 Å². The van der Waals surface area contributed by atoms with E-state index in [-0.39, 0.29) is 0 Å². The molecule has 1 heterocycles. The molecule has 0 radical (unpaired) electrons. The van der Waals surface area contributed by atoms with Crippen LogP contribution in [0.1, 0.15) is 70.3 Å². The third kappa shape index (κ3) is 3.57. The third-order valence-electron chi connectivity index (χ3n) is 6.22. The molecule has 0 spiro atoms. The quantitative estimate of drug-likeness (QED) is 0.724. The van der Waals surface area contributed by atoms with Gasteiger partial charge in [-0.1, -0.05) is 51.2 Å². The van der Waals surface area contributed by atoms with E-state index in [1.54, 1.807) is 7.11 Å². The van der Waals surface area contributed by atoms with Crippen LogP contribution < -0.4 is 4.74 Å². The number of nitrogens with zero attached hydrogens (tertiary/aromatic N) is 1. The Morgan fingerprint density at radius 1 is 1.04 bits per heavy atom. The molecule has 1 saturated carbocycles. The maximum Gasteiger partial charge on any atom is 0.118 e. The number of piperidine rings is 1. The molecule has 1 saturated heterocycles. The largest absolute Gasteiger partial charge is 0.497 e. The summed E-state index contributed by atoms with van der Waals surface area (Å²) >= 11 is 0. The summed E-state index contributed by atoms with van der Waals surface area (Å²) in [4.78, 5) is 2.83. The summed E-state index contributed by atoms with van der Waals surface area (Å²) in [5.41, 5.74) is 1.81. The summed E-state index contributed by atoms with van der Waals surface area (Å²) in [7, 11) is 1.75. The van der Waals surface area contributed by atoms with Crippen LogP contribution in [0, 0.1) is 5.92 Å². The maximum absolute atomic E-state index is 5.36. The van der Waals surface area contributed by atoms with Crippen LogP contribution in [0.3, 0.4) is 0 Å². The first-order valence-electron chi connectivity index (χ1n) is 9.68. The molecule has 0 N–H and O–H groups in total. The minimum atomic E-state index is 0.293. The first kappa shape index (κ1) is 16.8. The van der Waals surface area contributed by atoms with Gasteiger partial charge in [-0.3, -0.25) is 4.90 Å². The average molecular weight is 316 g/mol. The van der Waals surface area contributed by atoms with Gasteiger partial charge in [0.15, 0.2) is 0 Å². The van der Waals surface area contributed by atoms with Crippen molar-refractivity contribution in [3.05, 3.63) is 29.8 Å². The highest BCUT2D eigenvalue weighted by atomic mass is 16.5. The van der Waals surface area contributed by atoms with Gasteiger partial charge in [0.1, 0.15) is 5.75 Å². The molecule has 0 unspecified atom stereocenters. The van der Waals surface area contributed by atoms with Gasteiger partial charge >= 0.3 is 0 Å². The Morgan fingerprint density at radius 3 is 2.26 bits per heavy atom. The van der Waals surface area contributed by atoms with Crippen LogP contribution in [-0.4, -0.2) is 25.1 Å². The highest BCUT2D eigenvalue weighted by Gasteiger charge is 2.40. The molecule has 128 valence electrons. The molecule has 3 rings (SSSR count). The Labute approximate surface area is 142 Å². The van der Waals surface area contributed by atoms with E-state index in [4.69, 9.17) is 4.74 Å². The van der Waals surface area contributed by atoms with E-state index in [2.05, 4.69) is 36.1 Å². The predicted octanol–water partition coefficient (Wildman–Crippen LogP) is 5.37. The molecule has 1 aromatic rings. The molecule has 2 heteroatoms. The maximum atomic E-state index is 5.36. The van der Waals surface area contributed by atoms with Crippen molar-refractivity contribution in [1.29, 1.82) is 0 Å². The molecular formula is C21H33NO. The van der Waals surface area contributed by atoms with Crippen molar-refractivity contribution in [1.82, 2.24) is 4.90 Å². The molecule has 1 aliphatic carbocycles. The summed E-state index contributed by atoms with van der Waals surface area (Å²) in [6, 6.07) is 8.94. The molecule has 1 aromatic carbocycles. The van der Waals surface area contributed by atoms with Crippen LogP contribution in [0.5, 0.6) is 5.75 Å². The normalized spacial score (nSPS) is 22.9. The Kier molecular flexibility index (Phi) is 5.63. The molecule has 2 fully saturated rings. The summed E-state index contributed by atoms with van der Waals surface area (Å²) in [6.45, 7) is 4.90. The van der Waals surface area contributed by atoms with E-state index in [1.807, 2.05) is 0 Å². The van der Waals surface area contributed by atoms with Gasteiger partial charge < -0.3 is 4.74 Å². The summed E-state index contributed by atoms with van der Waals surface area (Å²) < 4.78 is 5.36. The van der Waals surface area contributed by atoms with Crippen LogP contribution in [0.25, 0.3) is 0 Å². The molecule has 0 bridgehead atoms. The van der Waals surface area contributed by atoms with E-state index < -0.39 is 0 Å². The fourth-order valence-electron chi connectivity index (χ4n) is 4.88. The van der Waals surface area contributed by atoms with Crippen LogP contribution in [0.15, 0.2) is 24.3 Å². The van der Waals surface area contributed by atoms with Crippen molar-refractivity contribution in [3.63, 3.8) is 0 Å². The molecule has 2 aliphatic rings. The van der Waals surface area contributed by atoms with E-state index >= 15 is 0 Å². The third-order valence-corrected chi connectivity index (χ3v) is 6.22. The highest BCUT2D eigenvalue weighted by Crippen LogP contribution is 2.44. The summed E-state index contributed by atoms with van der Waals surface area (Å²) in [5, 5.41) is 0. The second kappa shape index (κ2) is 7.70. The summed E-state index contributed by atoms with van der Waals surface area (Å²) in [6.07, 6.45) is 12.4. The zero-order valence-corrected chi connectivity index (χ0v) is 15.0. The zero-order valence-electron chi connectivity index (χ0n) is 15.0. The smallest absolute Gasteiger partial charge is 0.118 e. The van der Waals surface area contributed by atoms with Crippen LogP contribution in [-0.2, 0) is 5.54 Å². The molecular weight excluding hydrogens is 282 g/mol. The van der Waals surface area contributed by atoms with E-state index in [0.29, 0.717) is 5.54 Å². The Bertz CT molecular complexity index is 467. The van der Waals surface area contributed by atoms with Gasteiger partial charge in [-0.15, -0.1) is 0 Å². The fraction of sp³-hybridized carbons (Fsp3) is 0.714. The van der Waals surface area contributed by atoms with E-state index in [9.17, 15) is 0 Å². The number of likely N-dealkylation sites (tertiary alicyclic amines) is 1. The van der Waals surface area contributed by atoms with Gasteiger partial charge in [-0.25, -0.2) is 0 Å². The van der Waals surface area contributed by atoms with Gasteiger partial charge in [0.2, 0.25) is 0 Å². The minimum absolute atomic E-state index is 0.293. The van der Waals surface area contributed by atoms with Gasteiger partial charge in [0.25, 0.3) is 0 Å². The fourth-order valence-corrected chi connectivity index (χ4v) is 4.88. The van der Waals surface area contributed by atoms with Crippen molar-refractivity contribution in [3.8, 4) is 5.75 Å². The van der Waals surface area contributed by atoms with Crippen molar-refractivity contribution in [2.24, 2.45) is 5.92 Å². The predicted molar refractivity (Wildman–Crippen MR) is 97.0 cm³/mol. The lowest BCUT2D eigenvalue weighted by atomic mass is 9.74. The Hall–Kier alpha value is -1.02. The number of benzene rings is 1. The lowest BCUT2D eigenvalue weighted by molar-refractivity contribution is 0.0159. The van der Waals surface area contributed by atoms with Gasteiger partial charge in [0.05, 0.1) is 7.11 Å². The van der Waals surface area contributed by atoms with Crippen LogP contribution in [0.2, 0.25) is 0 Å². The number of hydrogen-bond acceptors (Lipinski definition) is 2. The van der Waals surface area contributed by atoms with Crippen molar-refractivity contribution < 1.29 is 4.74 Å². The standard InChI is InChI=1S/C21H33NO/c1-3-7-18-12-16-22(17-13-18)21(14-5-4-6-15-21)19-8-10-20(23-2)11-9-19/h8-11,18H,3-7,12-17H2,1-2H3. The lowest BCUT2D eigenvalue weighted by Gasteiger charge is -2.50. The van der Waals surface area contributed by atoms with Crippen LogP contribution >= 0.6 is 0 Å². The number of rotatable bonds is 5. The van der Waals surface area contributed by atoms with E-state index in [0.717, 1.165) is 11.7 Å². The number of hydrogen-bond donors (Lipinski definition) is 0.